The fraction of sp³-hybridized carbons (Fsp3) is 0.235. The van der Waals surface area contributed by atoms with Crippen LogP contribution in [0.5, 0.6) is 5.75 Å². The molecule has 2 aromatic heterocycles. The molecular weight excluding hydrogens is 598 g/mol. The zero-order chi connectivity index (χ0) is 33.4. The fourth-order valence-corrected chi connectivity index (χ4v) is 4.48. The lowest BCUT2D eigenvalue weighted by atomic mass is 10.1. The topological polar surface area (TPSA) is 206 Å². The number of carbonyl (C=O) groups excluding carboxylic acids is 1. The summed E-state index contributed by atoms with van der Waals surface area (Å²) in [5.41, 5.74) is 4.06. The molecular formula is C34H33N9O4. The van der Waals surface area contributed by atoms with Gasteiger partial charge in [0.1, 0.15) is 29.3 Å². The molecule has 0 aliphatic heterocycles. The zero-order valence-electron chi connectivity index (χ0n) is 25.7. The number of nitrogens with zero attached hydrogens (tertiary/aromatic N) is 6. The number of hydrogen-bond donors (Lipinski definition) is 4. The number of amides is 1. The highest BCUT2D eigenvalue weighted by molar-refractivity contribution is 6.04. The lowest BCUT2D eigenvalue weighted by Crippen LogP contribution is -2.12. The van der Waals surface area contributed by atoms with Crippen LogP contribution >= 0.6 is 0 Å². The molecule has 5 aromatic rings. The number of nitrogens with one attached hydrogen (secondary N) is 3. The number of anilines is 1. The van der Waals surface area contributed by atoms with Crippen LogP contribution in [0.15, 0.2) is 72.8 Å². The van der Waals surface area contributed by atoms with Crippen LogP contribution in [0.25, 0.3) is 22.5 Å². The Morgan fingerprint density at radius 3 is 1.77 bits per heavy atom. The zero-order valence-corrected chi connectivity index (χ0v) is 25.7. The molecule has 0 saturated carbocycles. The molecule has 0 aliphatic rings. The minimum absolute atomic E-state index is 0.113. The maximum atomic E-state index is 12.2. The van der Waals surface area contributed by atoms with Gasteiger partial charge in [0.2, 0.25) is 0 Å². The number of carboxylic acids is 1. The number of unbranched alkanes of at least 4 members (excludes halogenated alkanes) is 5. The summed E-state index contributed by atoms with van der Waals surface area (Å²) in [6.45, 7) is 2.98. The van der Waals surface area contributed by atoms with Gasteiger partial charge in [0, 0.05) is 22.4 Å². The highest BCUT2D eigenvalue weighted by atomic mass is 16.5. The van der Waals surface area contributed by atoms with E-state index in [1.165, 1.54) is 56.4 Å². The third-order valence-electron chi connectivity index (χ3n) is 7.01. The highest BCUT2D eigenvalue weighted by Gasteiger charge is 2.12. The van der Waals surface area contributed by atoms with Gasteiger partial charge in [-0.3, -0.25) is 4.79 Å². The van der Waals surface area contributed by atoms with Gasteiger partial charge in [-0.2, -0.15) is 31.1 Å². The van der Waals surface area contributed by atoms with Crippen molar-refractivity contribution in [2.45, 2.75) is 45.4 Å². The number of carbonyl (C=O) groups is 2. The molecule has 4 N–H and O–H groups in total. The van der Waals surface area contributed by atoms with Gasteiger partial charge >= 0.3 is 5.97 Å². The van der Waals surface area contributed by atoms with Crippen molar-refractivity contribution in [3.8, 4) is 40.4 Å². The molecule has 5 rings (SSSR count). The average molecular weight is 632 g/mol. The second-order valence-electron chi connectivity index (χ2n) is 10.3. The summed E-state index contributed by atoms with van der Waals surface area (Å²) in [7, 11) is 0. The second kappa shape index (κ2) is 17.2. The third-order valence-corrected chi connectivity index (χ3v) is 7.01. The van der Waals surface area contributed by atoms with Gasteiger partial charge < -0.3 is 15.2 Å². The van der Waals surface area contributed by atoms with Crippen LogP contribution in [0.4, 0.5) is 5.69 Å². The summed E-state index contributed by atoms with van der Waals surface area (Å²) >= 11 is 0. The van der Waals surface area contributed by atoms with Crippen LogP contribution in [0.2, 0.25) is 0 Å². The van der Waals surface area contributed by atoms with E-state index in [0.29, 0.717) is 33.9 Å². The number of hydrogen-bond acceptors (Lipinski definition) is 9. The van der Waals surface area contributed by atoms with E-state index in [-0.39, 0.29) is 17.2 Å². The molecule has 0 saturated heterocycles. The van der Waals surface area contributed by atoms with Gasteiger partial charge in [-0.15, -0.1) is 10.2 Å². The van der Waals surface area contributed by atoms with Crippen LogP contribution < -0.4 is 10.1 Å². The number of benzene rings is 3. The minimum Gasteiger partial charge on any atom is -0.494 e. The first-order valence-corrected chi connectivity index (χ1v) is 15.0. The molecule has 238 valence electrons. The second-order valence-corrected chi connectivity index (χ2v) is 10.3. The van der Waals surface area contributed by atoms with Gasteiger partial charge in [-0.25, -0.2) is 4.79 Å². The predicted octanol–water partition coefficient (Wildman–Crippen LogP) is 6.38. The first kappa shape index (κ1) is 33.6. The van der Waals surface area contributed by atoms with Gasteiger partial charge in [0.05, 0.1) is 12.2 Å². The van der Waals surface area contributed by atoms with E-state index in [1.54, 1.807) is 24.3 Å². The Kier molecular flexibility index (Phi) is 12.3. The lowest BCUT2D eigenvalue weighted by Gasteiger charge is -2.06. The van der Waals surface area contributed by atoms with Gasteiger partial charge in [0.15, 0.2) is 11.4 Å². The monoisotopic (exact) mass is 631 g/mol. The van der Waals surface area contributed by atoms with E-state index in [0.717, 1.165) is 24.3 Å². The van der Waals surface area contributed by atoms with E-state index < -0.39 is 5.97 Å². The van der Waals surface area contributed by atoms with E-state index in [9.17, 15) is 9.59 Å². The molecule has 0 atom stereocenters. The van der Waals surface area contributed by atoms with Crippen molar-refractivity contribution >= 4 is 17.6 Å². The Labute approximate surface area is 271 Å². The number of rotatable bonds is 13. The van der Waals surface area contributed by atoms with Crippen LogP contribution in [0.3, 0.4) is 0 Å². The molecule has 13 nitrogen and oxygen atoms in total. The lowest BCUT2D eigenvalue weighted by molar-refractivity contribution is 0.0696. The van der Waals surface area contributed by atoms with E-state index in [4.69, 9.17) is 20.4 Å². The normalized spacial score (nSPS) is 10.2. The Morgan fingerprint density at radius 1 is 0.723 bits per heavy atom. The number of aromatic nitrogens is 6. The molecule has 47 heavy (non-hydrogen) atoms. The largest absolute Gasteiger partial charge is 0.494 e. The number of aromatic amines is 2. The van der Waals surface area contributed by atoms with Gasteiger partial charge in [-0.05, 0) is 67.1 Å². The standard InChI is InChI=1S/C17H11N5O3.C17H22N4O/c18-9-14-15(21-22-20-14)10-5-7-13(8-6-10)19-16(23)11-1-3-12(4-2-11)17(24)25;1-2-3-4-5-6-7-12-22-15-10-8-14(9-11-15)17-16(13-18)19-21-20-17/h1-8H,(H,19,23)(H,24,25)(H,20,21,22);8-11H,2-7,12H2,1H3,(H,19,20,21). The van der Waals surface area contributed by atoms with E-state index in [2.05, 4.69) is 43.1 Å². The molecule has 0 bridgehead atoms. The number of ether oxygens (including phenoxy) is 1. The fourth-order valence-electron chi connectivity index (χ4n) is 4.48. The Balaban J connectivity index is 0.000000215. The first-order chi connectivity index (χ1) is 22.9. The summed E-state index contributed by atoms with van der Waals surface area (Å²) < 4.78 is 5.73. The minimum atomic E-state index is -1.05. The third kappa shape index (κ3) is 9.57. The first-order valence-electron chi connectivity index (χ1n) is 15.0. The highest BCUT2D eigenvalue weighted by Crippen LogP contribution is 2.23. The van der Waals surface area contributed by atoms with Crippen LogP contribution in [0, 0.1) is 22.7 Å². The quantitative estimate of drug-likeness (QED) is 0.105. The number of nitriles is 2. The average Bonchev–Trinajstić information content (AvgIpc) is 3.79. The van der Waals surface area contributed by atoms with E-state index in [1.807, 2.05) is 36.4 Å². The Morgan fingerprint density at radius 2 is 1.23 bits per heavy atom. The summed E-state index contributed by atoms with van der Waals surface area (Å²) in [4.78, 5) is 23.0. The van der Waals surface area contributed by atoms with Crippen LogP contribution in [0.1, 0.15) is 77.6 Å². The predicted molar refractivity (Wildman–Crippen MR) is 173 cm³/mol. The number of carboxylic acid groups (broad SMARTS) is 1. The number of aromatic carboxylic acids is 1. The maximum Gasteiger partial charge on any atom is 0.335 e. The van der Waals surface area contributed by atoms with Gasteiger partial charge in [-0.1, -0.05) is 51.2 Å². The Hall–Kier alpha value is -6.34. The molecule has 0 aliphatic carbocycles. The van der Waals surface area contributed by atoms with Crippen LogP contribution in [-0.4, -0.2) is 54.4 Å². The van der Waals surface area contributed by atoms with Crippen molar-refractivity contribution < 1.29 is 19.4 Å². The molecule has 0 radical (unpaired) electrons. The van der Waals surface area contributed by atoms with Crippen molar-refractivity contribution in [1.29, 1.82) is 10.5 Å². The molecule has 0 unspecified atom stereocenters. The summed E-state index contributed by atoms with van der Waals surface area (Å²) in [5.74, 6) is -0.560. The molecule has 2 heterocycles. The van der Waals surface area contributed by atoms with Crippen molar-refractivity contribution in [3.05, 3.63) is 95.3 Å². The summed E-state index contributed by atoms with van der Waals surface area (Å²) in [5, 5.41) is 49.8. The van der Waals surface area contributed by atoms with Crippen molar-refractivity contribution in [2.24, 2.45) is 0 Å². The summed E-state index contributed by atoms with van der Waals surface area (Å²) in [6, 6.07) is 24.0. The molecule has 1 amide bonds. The summed E-state index contributed by atoms with van der Waals surface area (Å²) in [6.07, 6.45) is 7.54. The molecule has 3 aromatic carbocycles. The molecule has 0 spiro atoms. The van der Waals surface area contributed by atoms with E-state index >= 15 is 0 Å². The smallest absolute Gasteiger partial charge is 0.335 e. The number of H-pyrrole nitrogens is 2. The van der Waals surface area contributed by atoms with Crippen molar-refractivity contribution in [3.63, 3.8) is 0 Å². The SMILES string of the molecule is CCCCCCCCOc1ccc(-c2n[nH]nc2C#N)cc1.N#Cc1n[nH]nc1-c1ccc(NC(=O)c2ccc(C(=O)O)cc2)cc1. The Bertz CT molecular complexity index is 1830. The van der Waals surface area contributed by atoms with Crippen LogP contribution in [-0.2, 0) is 0 Å². The molecule has 0 fully saturated rings. The van der Waals surface area contributed by atoms with Gasteiger partial charge in [0.25, 0.3) is 5.91 Å². The molecule has 13 heteroatoms. The maximum absolute atomic E-state index is 12.2. The van der Waals surface area contributed by atoms with Crippen molar-refractivity contribution in [1.82, 2.24) is 30.8 Å². The van der Waals surface area contributed by atoms with Crippen molar-refractivity contribution in [2.75, 3.05) is 11.9 Å².